The molecule has 1 aliphatic heterocycles. The molecule has 1 aromatic heterocycles. The molecule has 1 saturated heterocycles. The van der Waals surface area contributed by atoms with E-state index in [9.17, 15) is 9.18 Å². The van der Waals surface area contributed by atoms with Crippen LogP contribution in [0.2, 0.25) is 0 Å². The molecule has 2 aromatic rings. The van der Waals surface area contributed by atoms with Crippen LogP contribution in [0.3, 0.4) is 0 Å². The van der Waals surface area contributed by atoms with Crippen LogP contribution >= 0.6 is 0 Å². The number of rotatable bonds is 4. The molecule has 0 bridgehead atoms. The first kappa shape index (κ1) is 16.6. The predicted molar refractivity (Wildman–Crippen MR) is 86.9 cm³/mol. The average Bonchev–Trinajstić information content (AvgIpc) is 3.03. The van der Waals surface area contributed by atoms with Gasteiger partial charge in [-0.05, 0) is 37.0 Å². The number of amides is 1. The van der Waals surface area contributed by atoms with Gasteiger partial charge in [-0.1, -0.05) is 19.1 Å². The zero-order chi connectivity index (χ0) is 17.1. The molecule has 0 aliphatic carbocycles. The Balaban J connectivity index is 1.53. The van der Waals surface area contributed by atoms with Gasteiger partial charge in [0.1, 0.15) is 5.82 Å². The number of aromatic nitrogens is 2. The van der Waals surface area contributed by atoms with Crippen molar-refractivity contribution >= 4 is 5.91 Å². The summed E-state index contributed by atoms with van der Waals surface area (Å²) in [6.45, 7) is 5.13. The molecule has 1 amide bonds. The van der Waals surface area contributed by atoms with Gasteiger partial charge in [0.15, 0.2) is 0 Å². The first-order chi connectivity index (χ1) is 11.5. The minimum Gasteiger partial charge on any atom is -0.425 e. The van der Waals surface area contributed by atoms with Crippen LogP contribution in [0.1, 0.15) is 43.0 Å². The number of carbonyl (C=O) groups excluding carboxylic acids is 1. The van der Waals surface area contributed by atoms with Crippen LogP contribution in [-0.2, 0) is 11.2 Å². The van der Waals surface area contributed by atoms with E-state index in [1.165, 1.54) is 12.1 Å². The second-order valence-electron chi connectivity index (χ2n) is 6.49. The van der Waals surface area contributed by atoms with Crippen LogP contribution in [0.4, 0.5) is 4.39 Å². The summed E-state index contributed by atoms with van der Waals surface area (Å²) in [7, 11) is 0. The quantitative estimate of drug-likeness (QED) is 0.864. The van der Waals surface area contributed by atoms with Crippen LogP contribution in [0.5, 0.6) is 0 Å². The zero-order valence-corrected chi connectivity index (χ0v) is 14.0. The predicted octanol–water partition coefficient (Wildman–Crippen LogP) is 3.10. The van der Waals surface area contributed by atoms with Gasteiger partial charge in [-0.15, -0.1) is 10.2 Å². The summed E-state index contributed by atoms with van der Waals surface area (Å²) in [5.41, 5.74) is 0.980. The molecule has 0 radical (unpaired) electrons. The molecular formula is C18H22FN3O2. The SMILES string of the molecule is Cc1nnc(C2CCN(C(=O)C(C)Cc3ccc(F)cc3)CC2)o1. The van der Waals surface area contributed by atoms with Crippen molar-refractivity contribution < 1.29 is 13.6 Å². The number of hydrogen-bond acceptors (Lipinski definition) is 4. The molecule has 24 heavy (non-hydrogen) atoms. The number of nitrogens with zero attached hydrogens (tertiary/aromatic N) is 3. The highest BCUT2D eigenvalue weighted by Crippen LogP contribution is 2.28. The molecule has 2 heterocycles. The summed E-state index contributed by atoms with van der Waals surface area (Å²) in [5, 5.41) is 7.96. The maximum atomic E-state index is 13.0. The second kappa shape index (κ2) is 7.11. The lowest BCUT2D eigenvalue weighted by molar-refractivity contribution is -0.136. The lowest BCUT2D eigenvalue weighted by Crippen LogP contribution is -2.41. The smallest absolute Gasteiger partial charge is 0.225 e. The van der Waals surface area contributed by atoms with Crippen molar-refractivity contribution in [1.29, 1.82) is 0 Å². The number of piperidine rings is 1. The third-order valence-electron chi connectivity index (χ3n) is 4.57. The van der Waals surface area contributed by atoms with Crippen molar-refractivity contribution in [2.75, 3.05) is 13.1 Å². The van der Waals surface area contributed by atoms with Crippen LogP contribution in [-0.4, -0.2) is 34.1 Å². The lowest BCUT2D eigenvalue weighted by atomic mass is 9.94. The monoisotopic (exact) mass is 331 g/mol. The van der Waals surface area contributed by atoms with Gasteiger partial charge in [-0.2, -0.15) is 0 Å². The third-order valence-corrected chi connectivity index (χ3v) is 4.57. The van der Waals surface area contributed by atoms with E-state index >= 15 is 0 Å². The van der Waals surface area contributed by atoms with Crippen LogP contribution in [0, 0.1) is 18.7 Å². The molecule has 1 aliphatic rings. The number of hydrogen-bond donors (Lipinski definition) is 0. The number of carbonyl (C=O) groups is 1. The number of benzene rings is 1. The Labute approximate surface area is 140 Å². The molecule has 6 heteroatoms. The van der Waals surface area contributed by atoms with E-state index in [4.69, 9.17) is 4.42 Å². The molecule has 1 aromatic carbocycles. The van der Waals surface area contributed by atoms with Crippen molar-refractivity contribution in [1.82, 2.24) is 15.1 Å². The van der Waals surface area contributed by atoms with E-state index < -0.39 is 0 Å². The number of halogens is 1. The Kier molecular flexibility index (Phi) is 4.92. The lowest BCUT2D eigenvalue weighted by Gasteiger charge is -2.32. The Morgan fingerprint density at radius 1 is 1.29 bits per heavy atom. The van der Waals surface area contributed by atoms with Gasteiger partial charge < -0.3 is 9.32 Å². The summed E-state index contributed by atoms with van der Waals surface area (Å²) < 4.78 is 18.5. The summed E-state index contributed by atoms with van der Waals surface area (Å²) >= 11 is 0. The Morgan fingerprint density at radius 3 is 2.54 bits per heavy atom. The number of likely N-dealkylation sites (tertiary alicyclic amines) is 1. The van der Waals surface area contributed by atoms with Crippen LogP contribution in [0.25, 0.3) is 0 Å². The van der Waals surface area contributed by atoms with Crippen molar-refractivity contribution in [3.05, 3.63) is 47.4 Å². The highest BCUT2D eigenvalue weighted by Gasteiger charge is 2.29. The molecule has 0 saturated carbocycles. The molecule has 3 rings (SSSR count). The third kappa shape index (κ3) is 3.80. The molecular weight excluding hydrogens is 309 g/mol. The number of aryl methyl sites for hydroxylation is 1. The minimum atomic E-state index is -0.254. The van der Waals surface area contributed by atoms with Crippen molar-refractivity contribution in [3.8, 4) is 0 Å². The Bertz CT molecular complexity index is 691. The summed E-state index contributed by atoms with van der Waals surface area (Å²) in [6, 6.07) is 6.35. The molecule has 0 N–H and O–H groups in total. The van der Waals surface area contributed by atoms with Gasteiger partial charge in [-0.3, -0.25) is 4.79 Å². The topological polar surface area (TPSA) is 59.2 Å². The van der Waals surface area contributed by atoms with Gasteiger partial charge in [-0.25, -0.2) is 4.39 Å². The summed E-state index contributed by atoms with van der Waals surface area (Å²) in [6.07, 6.45) is 2.31. The van der Waals surface area contributed by atoms with Crippen LogP contribution in [0.15, 0.2) is 28.7 Å². The fraction of sp³-hybridized carbons (Fsp3) is 0.500. The van der Waals surface area contributed by atoms with Gasteiger partial charge in [0.25, 0.3) is 0 Å². The average molecular weight is 331 g/mol. The largest absolute Gasteiger partial charge is 0.425 e. The van der Waals surface area contributed by atoms with E-state index in [2.05, 4.69) is 10.2 Å². The zero-order valence-electron chi connectivity index (χ0n) is 14.0. The van der Waals surface area contributed by atoms with E-state index in [-0.39, 0.29) is 23.6 Å². The fourth-order valence-corrected chi connectivity index (χ4v) is 3.20. The maximum Gasteiger partial charge on any atom is 0.225 e. The second-order valence-corrected chi connectivity index (χ2v) is 6.49. The Morgan fingerprint density at radius 2 is 1.96 bits per heavy atom. The van der Waals surface area contributed by atoms with Crippen LogP contribution < -0.4 is 0 Å². The van der Waals surface area contributed by atoms with Gasteiger partial charge in [0.2, 0.25) is 17.7 Å². The minimum absolute atomic E-state index is 0.113. The first-order valence-electron chi connectivity index (χ1n) is 8.36. The highest BCUT2D eigenvalue weighted by molar-refractivity contribution is 5.78. The van der Waals surface area contributed by atoms with E-state index in [1.807, 2.05) is 11.8 Å². The molecule has 5 nitrogen and oxygen atoms in total. The van der Waals surface area contributed by atoms with Gasteiger partial charge in [0, 0.05) is 31.8 Å². The maximum absolute atomic E-state index is 13.0. The normalized spacial score (nSPS) is 17.0. The molecule has 128 valence electrons. The Hall–Kier alpha value is -2.24. The molecule has 1 unspecified atom stereocenters. The van der Waals surface area contributed by atoms with E-state index in [1.54, 1.807) is 19.1 Å². The van der Waals surface area contributed by atoms with Gasteiger partial charge in [0.05, 0.1) is 0 Å². The van der Waals surface area contributed by atoms with Crippen molar-refractivity contribution in [2.45, 2.75) is 39.0 Å². The van der Waals surface area contributed by atoms with Crippen molar-refractivity contribution in [2.24, 2.45) is 5.92 Å². The molecule has 1 fully saturated rings. The highest BCUT2D eigenvalue weighted by atomic mass is 19.1. The molecule has 1 atom stereocenters. The molecule has 0 spiro atoms. The summed E-state index contributed by atoms with van der Waals surface area (Å²) in [5.74, 6) is 1.28. The first-order valence-corrected chi connectivity index (χ1v) is 8.36. The van der Waals surface area contributed by atoms with Crippen molar-refractivity contribution in [3.63, 3.8) is 0 Å². The van der Waals surface area contributed by atoms with E-state index in [0.29, 0.717) is 31.3 Å². The standard InChI is InChI=1S/C18H22FN3O2/c1-12(11-14-3-5-16(19)6-4-14)18(23)22-9-7-15(8-10-22)17-21-20-13(2)24-17/h3-6,12,15H,7-11H2,1-2H3. The fourth-order valence-electron chi connectivity index (χ4n) is 3.20. The summed E-state index contributed by atoms with van der Waals surface area (Å²) in [4.78, 5) is 14.5. The van der Waals surface area contributed by atoms with Gasteiger partial charge >= 0.3 is 0 Å². The van der Waals surface area contributed by atoms with E-state index in [0.717, 1.165) is 18.4 Å².